The molecule has 2 rings (SSSR count). The van der Waals surface area contributed by atoms with E-state index >= 15 is 0 Å². The van der Waals surface area contributed by atoms with E-state index in [1.54, 1.807) is 11.9 Å². The quantitative estimate of drug-likeness (QED) is 0.679. The number of likely N-dealkylation sites (N-methyl/N-ethyl adjacent to an activating group) is 2. The summed E-state index contributed by atoms with van der Waals surface area (Å²) in [6.07, 6.45) is 1.45. The summed E-state index contributed by atoms with van der Waals surface area (Å²) in [5.41, 5.74) is 0. The van der Waals surface area contributed by atoms with E-state index in [2.05, 4.69) is 4.90 Å². The summed E-state index contributed by atoms with van der Waals surface area (Å²) < 4.78 is 5.17. The largest absolute Gasteiger partial charge is 0.388 e. The Kier molecular flexibility index (Phi) is 3.47. The van der Waals surface area contributed by atoms with Gasteiger partial charge in [-0.15, -0.1) is 0 Å². The summed E-state index contributed by atoms with van der Waals surface area (Å²) >= 11 is 0. The average Bonchev–Trinajstić information content (AvgIpc) is 2.85. The molecule has 0 aromatic carbocycles. The molecule has 5 heteroatoms. The normalized spacial score (nSPS) is 35.6. The van der Waals surface area contributed by atoms with Crippen molar-refractivity contribution in [3.63, 3.8) is 0 Å². The maximum atomic E-state index is 12.2. The summed E-state index contributed by atoms with van der Waals surface area (Å²) in [7, 11) is 3.74. The van der Waals surface area contributed by atoms with Crippen molar-refractivity contribution in [3.8, 4) is 0 Å². The molecule has 0 saturated carbocycles. The number of rotatable bonds is 2. The van der Waals surface area contributed by atoms with E-state index in [1.807, 2.05) is 7.05 Å². The van der Waals surface area contributed by atoms with Gasteiger partial charge in [-0.1, -0.05) is 0 Å². The zero-order valence-corrected chi connectivity index (χ0v) is 9.93. The highest BCUT2D eigenvalue weighted by Crippen LogP contribution is 2.20. The van der Waals surface area contributed by atoms with Crippen molar-refractivity contribution in [2.45, 2.75) is 31.0 Å². The summed E-state index contributed by atoms with van der Waals surface area (Å²) in [4.78, 5) is 15.9. The van der Waals surface area contributed by atoms with E-state index in [9.17, 15) is 9.90 Å². The maximum Gasteiger partial charge on any atom is 0.240 e. The van der Waals surface area contributed by atoms with Gasteiger partial charge in [-0.3, -0.25) is 9.69 Å². The van der Waals surface area contributed by atoms with Crippen molar-refractivity contribution < 1.29 is 14.6 Å². The van der Waals surface area contributed by atoms with Gasteiger partial charge in [0, 0.05) is 7.05 Å². The molecule has 5 nitrogen and oxygen atoms in total. The fourth-order valence-electron chi connectivity index (χ4n) is 2.52. The molecule has 2 fully saturated rings. The van der Waals surface area contributed by atoms with Gasteiger partial charge in [-0.25, -0.2) is 0 Å². The number of aliphatic hydroxyl groups is 1. The topological polar surface area (TPSA) is 53.0 Å². The molecule has 0 aromatic rings. The van der Waals surface area contributed by atoms with Crippen LogP contribution < -0.4 is 0 Å². The monoisotopic (exact) mass is 228 g/mol. The van der Waals surface area contributed by atoms with Crippen molar-refractivity contribution >= 4 is 5.91 Å². The van der Waals surface area contributed by atoms with Crippen LogP contribution in [-0.4, -0.2) is 72.9 Å². The van der Waals surface area contributed by atoms with Gasteiger partial charge in [-0.2, -0.15) is 0 Å². The fourth-order valence-corrected chi connectivity index (χ4v) is 2.52. The summed E-state index contributed by atoms with van der Waals surface area (Å²) in [5.74, 6) is 0.106. The van der Waals surface area contributed by atoms with Gasteiger partial charge in [0.25, 0.3) is 0 Å². The summed E-state index contributed by atoms with van der Waals surface area (Å²) in [6.45, 7) is 1.76. The van der Waals surface area contributed by atoms with E-state index in [4.69, 9.17) is 4.74 Å². The third-order valence-corrected chi connectivity index (χ3v) is 3.67. The number of carbonyl (C=O) groups excluding carboxylic acids is 1. The number of hydrogen-bond donors (Lipinski definition) is 1. The maximum absolute atomic E-state index is 12.2. The molecule has 2 saturated heterocycles. The number of likely N-dealkylation sites (tertiary alicyclic amines) is 1. The highest BCUT2D eigenvalue weighted by Gasteiger charge is 2.37. The molecule has 92 valence electrons. The van der Waals surface area contributed by atoms with Crippen LogP contribution in [0, 0.1) is 0 Å². The van der Waals surface area contributed by atoms with Crippen molar-refractivity contribution in [2.75, 3.05) is 33.9 Å². The predicted octanol–water partition coefficient (Wildman–Crippen LogP) is -0.701. The Morgan fingerprint density at radius 1 is 1.50 bits per heavy atom. The Labute approximate surface area is 96.0 Å². The Hall–Kier alpha value is -0.650. The zero-order valence-electron chi connectivity index (χ0n) is 9.93. The van der Waals surface area contributed by atoms with Crippen LogP contribution in [0.15, 0.2) is 0 Å². The molecule has 3 atom stereocenters. The average molecular weight is 228 g/mol. The van der Waals surface area contributed by atoms with Crippen LogP contribution in [-0.2, 0) is 9.53 Å². The molecule has 0 radical (unpaired) electrons. The first-order chi connectivity index (χ1) is 7.61. The van der Waals surface area contributed by atoms with Crippen LogP contribution in [0.1, 0.15) is 12.8 Å². The van der Waals surface area contributed by atoms with Crippen LogP contribution in [0.5, 0.6) is 0 Å². The Morgan fingerprint density at radius 3 is 2.75 bits per heavy atom. The minimum Gasteiger partial charge on any atom is -0.388 e. The summed E-state index contributed by atoms with van der Waals surface area (Å²) in [6, 6.07) is -0.195. The first-order valence-corrected chi connectivity index (χ1v) is 5.84. The van der Waals surface area contributed by atoms with Crippen LogP contribution in [0.4, 0.5) is 0 Å². The lowest BCUT2D eigenvalue weighted by molar-refractivity contribution is -0.137. The molecule has 0 aromatic heterocycles. The first kappa shape index (κ1) is 11.8. The van der Waals surface area contributed by atoms with Gasteiger partial charge in [0.2, 0.25) is 5.91 Å². The minimum absolute atomic E-state index is 0.0159. The molecule has 0 spiro atoms. The van der Waals surface area contributed by atoms with Gasteiger partial charge in [0.05, 0.1) is 31.4 Å². The summed E-state index contributed by atoms with van der Waals surface area (Å²) in [5, 5.41) is 9.68. The van der Waals surface area contributed by atoms with Crippen LogP contribution in [0.25, 0.3) is 0 Å². The third-order valence-electron chi connectivity index (χ3n) is 3.67. The van der Waals surface area contributed by atoms with Crippen molar-refractivity contribution in [1.82, 2.24) is 9.80 Å². The van der Waals surface area contributed by atoms with Gasteiger partial charge in [0.15, 0.2) is 0 Å². The molecule has 0 bridgehead atoms. The second-order valence-corrected chi connectivity index (χ2v) is 4.76. The smallest absolute Gasteiger partial charge is 0.240 e. The first-order valence-electron chi connectivity index (χ1n) is 5.84. The van der Waals surface area contributed by atoms with Crippen molar-refractivity contribution in [2.24, 2.45) is 0 Å². The molecular weight excluding hydrogens is 208 g/mol. The minimum atomic E-state index is -0.541. The van der Waals surface area contributed by atoms with Gasteiger partial charge in [-0.05, 0) is 26.4 Å². The number of amides is 1. The van der Waals surface area contributed by atoms with Gasteiger partial charge < -0.3 is 14.7 Å². The molecule has 1 unspecified atom stereocenters. The number of nitrogens with zero attached hydrogens (tertiary/aromatic N) is 2. The highest BCUT2D eigenvalue weighted by molar-refractivity contribution is 5.82. The molecule has 2 aliphatic heterocycles. The van der Waals surface area contributed by atoms with Crippen LogP contribution in [0.2, 0.25) is 0 Å². The molecule has 2 aliphatic rings. The van der Waals surface area contributed by atoms with Gasteiger partial charge >= 0.3 is 0 Å². The van der Waals surface area contributed by atoms with E-state index in [0.29, 0.717) is 13.2 Å². The van der Waals surface area contributed by atoms with Crippen molar-refractivity contribution in [3.05, 3.63) is 0 Å². The zero-order chi connectivity index (χ0) is 11.7. The highest BCUT2D eigenvalue weighted by atomic mass is 16.5. The molecule has 2 heterocycles. The standard InChI is InChI=1S/C11H20N2O3/c1-12-5-3-4-8(12)11(15)13(2)9-6-16-7-10(9)14/h8-10,14H,3-7H2,1-2H3/t8?,9-,10-/m1/s1. The second-order valence-electron chi connectivity index (χ2n) is 4.76. The number of ether oxygens (including phenoxy) is 1. The van der Waals surface area contributed by atoms with E-state index in [-0.39, 0.29) is 18.0 Å². The molecule has 0 aliphatic carbocycles. The van der Waals surface area contributed by atoms with E-state index < -0.39 is 6.10 Å². The number of carbonyl (C=O) groups is 1. The van der Waals surface area contributed by atoms with Crippen LogP contribution in [0.3, 0.4) is 0 Å². The SMILES string of the molecule is CN1CCCC1C(=O)N(C)[C@@H]1COC[C@H]1O. The lowest BCUT2D eigenvalue weighted by atomic mass is 10.1. The lowest BCUT2D eigenvalue weighted by Gasteiger charge is -2.30. The Balaban J connectivity index is 1.98. The van der Waals surface area contributed by atoms with E-state index in [0.717, 1.165) is 19.4 Å². The molecule has 1 amide bonds. The fraction of sp³-hybridized carbons (Fsp3) is 0.909. The molecular formula is C11H20N2O3. The Bertz CT molecular complexity index is 272. The molecule has 1 N–H and O–H groups in total. The Morgan fingerprint density at radius 2 is 2.25 bits per heavy atom. The third kappa shape index (κ3) is 2.07. The molecule has 16 heavy (non-hydrogen) atoms. The second kappa shape index (κ2) is 4.69. The number of hydrogen-bond acceptors (Lipinski definition) is 4. The van der Waals surface area contributed by atoms with Crippen molar-refractivity contribution in [1.29, 1.82) is 0 Å². The van der Waals surface area contributed by atoms with Gasteiger partial charge in [0.1, 0.15) is 0 Å². The lowest BCUT2D eigenvalue weighted by Crippen LogP contribution is -2.50. The number of aliphatic hydroxyl groups excluding tert-OH is 1. The van der Waals surface area contributed by atoms with Crippen LogP contribution >= 0.6 is 0 Å². The predicted molar refractivity (Wildman–Crippen MR) is 59.0 cm³/mol. The van der Waals surface area contributed by atoms with E-state index in [1.165, 1.54) is 0 Å².